The molecule has 0 aliphatic carbocycles. The van der Waals surface area contributed by atoms with Gasteiger partial charge in [-0.3, -0.25) is 9.48 Å². The predicted octanol–water partition coefficient (Wildman–Crippen LogP) is 5.00. The van der Waals surface area contributed by atoms with Gasteiger partial charge in [-0.05, 0) is 29.8 Å². The number of methoxy groups -OCH3 is 1. The molecule has 0 aliphatic rings. The lowest BCUT2D eigenvalue weighted by Crippen LogP contribution is -2.13. The summed E-state index contributed by atoms with van der Waals surface area (Å²) in [5, 5.41) is 7.29. The minimum atomic E-state index is -0.495. The van der Waals surface area contributed by atoms with Gasteiger partial charge >= 0.3 is 0 Å². The van der Waals surface area contributed by atoms with Gasteiger partial charge in [0.05, 0.1) is 24.9 Å². The van der Waals surface area contributed by atoms with Crippen LogP contribution in [0.2, 0.25) is 0 Å². The molecule has 4 aromatic rings. The number of benzene rings is 3. The molecular weight excluding hydrogens is 381 g/mol. The zero-order chi connectivity index (χ0) is 20.9. The summed E-state index contributed by atoms with van der Waals surface area (Å²) in [6.45, 7) is 0.505. The van der Waals surface area contributed by atoms with Crippen molar-refractivity contribution in [3.8, 4) is 17.0 Å². The number of carbonyl (C=O) groups is 1. The fourth-order valence-electron chi connectivity index (χ4n) is 3.17. The molecular formula is C24H20FN3O2. The largest absolute Gasteiger partial charge is 0.497 e. The molecule has 30 heavy (non-hydrogen) atoms. The van der Waals surface area contributed by atoms with Crippen LogP contribution >= 0.6 is 0 Å². The lowest BCUT2D eigenvalue weighted by Gasteiger charge is -2.07. The summed E-state index contributed by atoms with van der Waals surface area (Å²) in [5.74, 6) is -0.270. The van der Waals surface area contributed by atoms with Crippen LogP contribution in [0.4, 0.5) is 10.1 Å². The van der Waals surface area contributed by atoms with Gasteiger partial charge in [-0.1, -0.05) is 54.6 Å². The summed E-state index contributed by atoms with van der Waals surface area (Å²) in [7, 11) is 1.58. The molecule has 0 fully saturated rings. The normalized spacial score (nSPS) is 10.6. The Hall–Kier alpha value is -3.93. The molecule has 3 aromatic carbocycles. The number of rotatable bonds is 6. The van der Waals surface area contributed by atoms with E-state index in [-0.39, 0.29) is 5.69 Å². The zero-order valence-electron chi connectivity index (χ0n) is 16.4. The molecule has 0 spiro atoms. The van der Waals surface area contributed by atoms with Crippen molar-refractivity contribution in [3.63, 3.8) is 0 Å². The van der Waals surface area contributed by atoms with Gasteiger partial charge in [0.25, 0.3) is 5.91 Å². The number of halogens is 1. The molecule has 0 radical (unpaired) electrons. The number of aromatic nitrogens is 2. The van der Waals surface area contributed by atoms with Gasteiger partial charge < -0.3 is 10.1 Å². The van der Waals surface area contributed by atoms with Crippen LogP contribution in [0.15, 0.2) is 85.1 Å². The number of amides is 1. The van der Waals surface area contributed by atoms with Crippen molar-refractivity contribution >= 4 is 11.6 Å². The van der Waals surface area contributed by atoms with Crippen molar-refractivity contribution in [3.05, 3.63) is 102 Å². The standard InChI is InChI=1S/C24H20FN3O2/c1-30-19-11-7-10-18(14-19)23-20(24(29)26-22-13-6-5-12-21(22)25)16-28(27-23)15-17-8-3-2-4-9-17/h2-14,16H,15H2,1H3,(H,26,29). The van der Waals surface area contributed by atoms with E-state index in [9.17, 15) is 9.18 Å². The van der Waals surface area contributed by atoms with Crippen molar-refractivity contribution in [2.24, 2.45) is 0 Å². The van der Waals surface area contributed by atoms with Crippen LogP contribution in [0.1, 0.15) is 15.9 Å². The lowest BCUT2D eigenvalue weighted by atomic mass is 10.1. The van der Waals surface area contributed by atoms with Crippen molar-refractivity contribution in [1.29, 1.82) is 0 Å². The maximum Gasteiger partial charge on any atom is 0.259 e. The van der Waals surface area contributed by atoms with Crippen molar-refractivity contribution in [2.45, 2.75) is 6.54 Å². The van der Waals surface area contributed by atoms with Gasteiger partial charge in [-0.25, -0.2) is 4.39 Å². The van der Waals surface area contributed by atoms with Crippen molar-refractivity contribution in [2.75, 3.05) is 12.4 Å². The second kappa shape index (κ2) is 8.61. The smallest absolute Gasteiger partial charge is 0.259 e. The summed E-state index contributed by atoms with van der Waals surface area (Å²) in [6, 6.07) is 23.2. The van der Waals surface area contributed by atoms with E-state index in [1.54, 1.807) is 30.1 Å². The van der Waals surface area contributed by atoms with E-state index in [1.807, 2.05) is 54.6 Å². The van der Waals surface area contributed by atoms with E-state index in [0.717, 1.165) is 11.1 Å². The molecule has 0 bridgehead atoms. The monoisotopic (exact) mass is 401 g/mol. The van der Waals surface area contributed by atoms with E-state index in [4.69, 9.17) is 4.74 Å². The third-order valence-corrected chi connectivity index (χ3v) is 4.66. The number of nitrogens with zero attached hydrogens (tertiary/aromatic N) is 2. The van der Waals surface area contributed by atoms with Crippen LogP contribution in [0.5, 0.6) is 5.75 Å². The van der Waals surface area contributed by atoms with Crippen molar-refractivity contribution < 1.29 is 13.9 Å². The number of ether oxygens (including phenoxy) is 1. The average Bonchev–Trinajstić information content (AvgIpc) is 3.20. The first kappa shape index (κ1) is 19.4. The predicted molar refractivity (Wildman–Crippen MR) is 114 cm³/mol. The third-order valence-electron chi connectivity index (χ3n) is 4.66. The Kier molecular flexibility index (Phi) is 5.57. The minimum absolute atomic E-state index is 0.120. The van der Waals surface area contributed by atoms with Gasteiger partial charge in [0.15, 0.2) is 0 Å². The fourth-order valence-corrected chi connectivity index (χ4v) is 3.17. The molecule has 150 valence electrons. The summed E-state index contributed by atoms with van der Waals surface area (Å²) >= 11 is 0. The Labute approximate surface area is 173 Å². The molecule has 1 N–H and O–H groups in total. The van der Waals surface area contributed by atoms with E-state index in [2.05, 4.69) is 10.4 Å². The van der Waals surface area contributed by atoms with Crippen LogP contribution < -0.4 is 10.1 Å². The number of carbonyl (C=O) groups excluding carboxylic acids is 1. The van der Waals surface area contributed by atoms with Crippen LogP contribution in [-0.2, 0) is 6.54 Å². The number of anilines is 1. The third kappa shape index (κ3) is 4.22. The van der Waals surface area contributed by atoms with Crippen LogP contribution in [0, 0.1) is 5.82 Å². The summed E-state index contributed by atoms with van der Waals surface area (Å²) < 4.78 is 21.0. The molecule has 0 saturated carbocycles. The minimum Gasteiger partial charge on any atom is -0.497 e. The van der Waals surface area contributed by atoms with Crippen LogP contribution in [-0.4, -0.2) is 22.8 Å². The highest BCUT2D eigenvalue weighted by Crippen LogP contribution is 2.27. The van der Waals surface area contributed by atoms with Crippen molar-refractivity contribution in [1.82, 2.24) is 9.78 Å². The molecule has 1 aromatic heterocycles. The Bertz CT molecular complexity index is 1170. The van der Waals surface area contributed by atoms with Crippen LogP contribution in [0.3, 0.4) is 0 Å². The molecule has 0 saturated heterocycles. The Morgan fingerprint density at radius 2 is 1.80 bits per heavy atom. The van der Waals surface area contributed by atoms with Gasteiger partial charge in [0, 0.05) is 11.8 Å². The Morgan fingerprint density at radius 1 is 1.03 bits per heavy atom. The molecule has 0 atom stereocenters. The topological polar surface area (TPSA) is 56.2 Å². The van der Waals surface area contributed by atoms with Gasteiger partial charge in [-0.2, -0.15) is 5.10 Å². The maximum absolute atomic E-state index is 14.0. The molecule has 0 unspecified atom stereocenters. The van der Waals surface area contributed by atoms with E-state index >= 15 is 0 Å². The highest BCUT2D eigenvalue weighted by atomic mass is 19.1. The molecule has 0 aliphatic heterocycles. The number of para-hydroxylation sites is 1. The van der Waals surface area contributed by atoms with Crippen LogP contribution in [0.25, 0.3) is 11.3 Å². The quantitative estimate of drug-likeness (QED) is 0.495. The fraction of sp³-hybridized carbons (Fsp3) is 0.0833. The SMILES string of the molecule is COc1cccc(-c2nn(Cc3ccccc3)cc2C(=O)Nc2ccccc2F)c1. The molecule has 5 nitrogen and oxygen atoms in total. The summed E-state index contributed by atoms with van der Waals surface area (Å²) in [5.41, 5.74) is 2.76. The van der Waals surface area contributed by atoms with Gasteiger partial charge in [0.2, 0.25) is 0 Å². The number of hydrogen-bond acceptors (Lipinski definition) is 3. The highest BCUT2D eigenvalue weighted by molar-refractivity contribution is 6.08. The number of hydrogen-bond donors (Lipinski definition) is 1. The lowest BCUT2D eigenvalue weighted by molar-refractivity contribution is 0.102. The van der Waals surface area contributed by atoms with E-state index < -0.39 is 11.7 Å². The molecule has 6 heteroatoms. The first-order chi connectivity index (χ1) is 14.6. The molecule has 1 heterocycles. The zero-order valence-corrected chi connectivity index (χ0v) is 16.4. The summed E-state index contributed by atoms with van der Waals surface area (Å²) in [6.07, 6.45) is 1.68. The summed E-state index contributed by atoms with van der Waals surface area (Å²) in [4.78, 5) is 13.0. The van der Waals surface area contributed by atoms with Gasteiger partial charge in [-0.15, -0.1) is 0 Å². The first-order valence-electron chi connectivity index (χ1n) is 9.46. The van der Waals surface area contributed by atoms with Gasteiger partial charge in [0.1, 0.15) is 17.3 Å². The van der Waals surface area contributed by atoms with E-state index in [1.165, 1.54) is 12.1 Å². The van der Waals surface area contributed by atoms with E-state index in [0.29, 0.717) is 23.6 Å². The highest BCUT2D eigenvalue weighted by Gasteiger charge is 2.19. The second-order valence-corrected chi connectivity index (χ2v) is 6.74. The molecule has 4 rings (SSSR count). The number of nitrogens with one attached hydrogen (secondary N) is 1. The maximum atomic E-state index is 14.0. The Balaban J connectivity index is 1.72. The average molecular weight is 401 g/mol. The first-order valence-corrected chi connectivity index (χ1v) is 9.46. The second-order valence-electron chi connectivity index (χ2n) is 6.74. The Morgan fingerprint density at radius 3 is 2.57 bits per heavy atom. The molecule has 1 amide bonds.